The Labute approximate surface area is 130 Å². The van der Waals surface area contributed by atoms with E-state index in [4.69, 9.17) is 11.6 Å². The molecular formula is C15H21ClN4O. The van der Waals surface area contributed by atoms with Gasteiger partial charge in [0.25, 0.3) is 0 Å². The van der Waals surface area contributed by atoms with Gasteiger partial charge in [0.1, 0.15) is 11.0 Å². The van der Waals surface area contributed by atoms with Crippen LogP contribution in [0.3, 0.4) is 0 Å². The molecule has 21 heavy (non-hydrogen) atoms. The molecule has 6 heteroatoms. The van der Waals surface area contributed by atoms with Crippen LogP contribution >= 0.6 is 11.6 Å². The Bertz CT molecular complexity index is 504. The number of aromatic nitrogens is 1. The van der Waals surface area contributed by atoms with Gasteiger partial charge in [0.15, 0.2) is 0 Å². The summed E-state index contributed by atoms with van der Waals surface area (Å²) in [7, 11) is 0. The lowest BCUT2D eigenvalue weighted by Gasteiger charge is -2.35. The number of hydrogen-bond donors (Lipinski definition) is 2. The predicted molar refractivity (Wildman–Crippen MR) is 83.5 cm³/mol. The lowest BCUT2D eigenvalue weighted by atomic mass is 10.0. The number of rotatable bonds is 3. The topological polar surface area (TPSA) is 57.3 Å². The van der Waals surface area contributed by atoms with Gasteiger partial charge in [0.05, 0.1) is 6.04 Å². The van der Waals surface area contributed by atoms with Crippen molar-refractivity contribution >= 4 is 23.3 Å². The summed E-state index contributed by atoms with van der Waals surface area (Å²) in [4.78, 5) is 19.0. The molecule has 0 spiro atoms. The van der Waals surface area contributed by atoms with Gasteiger partial charge in [-0.15, -0.1) is 0 Å². The van der Waals surface area contributed by atoms with E-state index >= 15 is 0 Å². The van der Waals surface area contributed by atoms with Crippen molar-refractivity contribution in [3.63, 3.8) is 0 Å². The van der Waals surface area contributed by atoms with Crippen molar-refractivity contribution in [2.24, 2.45) is 0 Å². The van der Waals surface area contributed by atoms with E-state index in [-0.39, 0.29) is 11.9 Å². The summed E-state index contributed by atoms with van der Waals surface area (Å²) in [5.74, 6) is 0.575. The van der Waals surface area contributed by atoms with Gasteiger partial charge in [-0.1, -0.05) is 17.7 Å². The number of anilines is 1. The highest BCUT2D eigenvalue weighted by atomic mass is 35.5. The highest BCUT2D eigenvalue weighted by molar-refractivity contribution is 6.29. The Kier molecular flexibility index (Phi) is 4.73. The first-order valence-corrected chi connectivity index (χ1v) is 8.02. The van der Waals surface area contributed by atoms with Crippen molar-refractivity contribution in [3.05, 3.63) is 23.4 Å². The number of likely N-dealkylation sites (tertiary alicyclic amines) is 1. The second-order valence-corrected chi connectivity index (χ2v) is 6.10. The Morgan fingerprint density at radius 1 is 1.33 bits per heavy atom. The number of amides is 1. The maximum absolute atomic E-state index is 12.5. The molecule has 0 aromatic carbocycles. The number of carbonyl (C=O) groups is 1. The first-order chi connectivity index (χ1) is 10.2. The molecular weight excluding hydrogens is 288 g/mol. The Morgan fingerprint density at radius 2 is 2.14 bits per heavy atom. The van der Waals surface area contributed by atoms with Crippen molar-refractivity contribution in [1.29, 1.82) is 0 Å². The van der Waals surface area contributed by atoms with Gasteiger partial charge >= 0.3 is 0 Å². The molecule has 5 nitrogen and oxygen atoms in total. The number of carbonyl (C=O) groups excluding carboxylic acids is 1. The molecule has 114 valence electrons. The second kappa shape index (κ2) is 6.73. The Hall–Kier alpha value is -1.17. The lowest BCUT2D eigenvalue weighted by Crippen LogP contribution is -2.49. The molecule has 3 heterocycles. The summed E-state index contributed by atoms with van der Waals surface area (Å²) in [5, 5.41) is 6.68. The van der Waals surface area contributed by atoms with Gasteiger partial charge in [-0.05, 0) is 57.5 Å². The van der Waals surface area contributed by atoms with Crippen LogP contribution in [0.1, 0.15) is 25.7 Å². The van der Waals surface area contributed by atoms with E-state index in [9.17, 15) is 4.79 Å². The molecule has 0 aliphatic carbocycles. The molecule has 2 aliphatic rings. The summed E-state index contributed by atoms with van der Waals surface area (Å²) in [6.07, 6.45) is 4.26. The minimum absolute atomic E-state index is 0.0334. The van der Waals surface area contributed by atoms with Crippen molar-refractivity contribution in [2.75, 3.05) is 25.0 Å². The van der Waals surface area contributed by atoms with Crippen LogP contribution in [0.2, 0.25) is 5.15 Å². The molecule has 1 atom stereocenters. The number of halogens is 1. The van der Waals surface area contributed by atoms with Gasteiger partial charge in [0.2, 0.25) is 5.91 Å². The average Bonchev–Trinajstić information content (AvgIpc) is 2.98. The molecule has 2 saturated heterocycles. The standard InChI is InChI=1S/C15H21ClN4O/c16-13-4-1-5-14(18-13)19-15(21)12-3-2-10-20(12)11-6-8-17-9-7-11/h1,4-5,11-12,17H,2-3,6-10H2,(H,18,19,21). The largest absolute Gasteiger partial charge is 0.317 e. The van der Waals surface area contributed by atoms with Gasteiger partial charge in [-0.3, -0.25) is 9.69 Å². The molecule has 3 rings (SSSR count). The van der Waals surface area contributed by atoms with Crippen molar-refractivity contribution in [2.45, 2.75) is 37.8 Å². The van der Waals surface area contributed by atoms with E-state index in [1.165, 1.54) is 0 Å². The molecule has 0 radical (unpaired) electrons. The smallest absolute Gasteiger partial charge is 0.242 e. The summed E-state index contributed by atoms with van der Waals surface area (Å²) >= 11 is 5.86. The van der Waals surface area contributed by atoms with Crippen molar-refractivity contribution in [3.8, 4) is 0 Å². The van der Waals surface area contributed by atoms with Crippen LogP contribution in [-0.2, 0) is 4.79 Å². The number of pyridine rings is 1. The van der Waals surface area contributed by atoms with Crippen LogP contribution in [0.4, 0.5) is 5.82 Å². The number of hydrogen-bond acceptors (Lipinski definition) is 4. The van der Waals surface area contributed by atoms with E-state index < -0.39 is 0 Å². The predicted octanol–water partition coefficient (Wildman–Crippen LogP) is 1.89. The molecule has 1 aromatic rings. The van der Waals surface area contributed by atoms with Crippen LogP contribution in [0, 0.1) is 0 Å². The molecule has 0 saturated carbocycles. The minimum Gasteiger partial charge on any atom is -0.317 e. The zero-order chi connectivity index (χ0) is 14.7. The van der Waals surface area contributed by atoms with Gasteiger partial charge in [0, 0.05) is 6.04 Å². The van der Waals surface area contributed by atoms with Crippen LogP contribution in [0.25, 0.3) is 0 Å². The third kappa shape index (κ3) is 3.54. The highest BCUT2D eigenvalue weighted by Crippen LogP contribution is 2.25. The van der Waals surface area contributed by atoms with E-state index in [1.807, 2.05) is 0 Å². The van der Waals surface area contributed by atoms with Gasteiger partial charge in [-0.2, -0.15) is 0 Å². The zero-order valence-corrected chi connectivity index (χ0v) is 12.8. The first kappa shape index (κ1) is 14.8. The monoisotopic (exact) mass is 308 g/mol. The quantitative estimate of drug-likeness (QED) is 0.837. The Balaban J connectivity index is 1.65. The minimum atomic E-state index is -0.0334. The third-order valence-electron chi connectivity index (χ3n) is 4.34. The fourth-order valence-corrected chi connectivity index (χ4v) is 3.50. The van der Waals surface area contributed by atoms with E-state index in [1.54, 1.807) is 18.2 Å². The van der Waals surface area contributed by atoms with Crippen LogP contribution in [-0.4, -0.2) is 47.5 Å². The Morgan fingerprint density at radius 3 is 2.90 bits per heavy atom. The summed E-state index contributed by atoms with van der Waals surface area (Å²) in [6.45, 7) is 3.11. The molecule has 0 bridgehead atoms. The fraction of sp³-hybridized carbons (Fsp3) is 0.600. The van der Waals surface area contributed by atoms with Crippen LogP contribution < -0.4 is 10.6 Å². The average molecular weight is 309 g/mol. The maximum Gasteiger partial charge on any atom is 0.242 e. The third-order valence-corrected chi connectivity index (χ3v) is 4.55. The molecule has 1 amide bonds. The zero-order valence-electron chi connectivity index (χ0n) is 12.0. The van der Waals surface area contributed by atoms with Crippen LogP contribution in [0.15, 0.2) is 18.2 Å². The van der Waals surface area contributed by atoms with E-state index in [0.717, 1.165) is 45.3 Å². The molecule has 2 aliphatic heterocycles. The number of nitrogens with zero attached hydrogens (tertiary/aromatic N) is 2. The maximum atomic E-state index is 12.5. The molecule has 1 aromatic heterocycles. The SMILES string of the molecule is O=C(Nc1cccc(Cl)n1)C1CCCN1C1CCNCC1. The first-order valence-electron chi connectivity index (χ1n) is 7.64. The summed E-state index contributed by atoms with van der Waals surface area (Å²) < 4.78 is 0. The van der Waals surface area contributed by atoms with Gasteiger partial charge < -0.3 is 10.6 Å². The van der Waals surface area contributed by atoms with Gasteiger partial charge in [-0.25, -0.2) is 4.98 Å². The fourth-order valence-electron chi connectivity index (χ4n) is 3.33. The number of piperidine rings is 1. The molecule has 2 N–H and O–H groups in total. The molecule has 1 unspecified atom stereocenters. The highest BCUT2D eigenvalue weighted by Gasteiger charge is 2.35. The van der Waals surface area contributed by atoms with Crippen LogP contribution in [0.5, 0.6) is 0 Å². The number of nitrogens with one attached hydrogen (secondary N) is 2. The van der Waals surface area contributed by atoms with Crippen molar-refractivity contribution < 1.29 is 4.79 Å². The second-order valence-electron chi connectivity index (χ2n) is 5.71. The van der Waals surface area contributed by atoms with E-state index in [2.05, 4.69) is 20.5 Å². The molecule has 2 fully saturated rings. The van der Waals surface area contributed by atoms with Crippen molar-refractivity contribution in [1.82, 2.24) is 15.2 Å². The van der Waals surface area contributed by atoms with E-state index in [0.29, 0.717) is 17.0 Å². The normalized spacial score (nSPS) is 24.1. The summed E-state index contributed by atoms with van der Waals surface area (Å²) in [6, 6.07) is 5.76. The lowest BCUT2D eigenvalue weighted by molar-refractivity contribution is -0.121. The summed E-state index contributed by atoms with van der Waals surface area (Å²) in [5.41, 5.74) is 0.